The van der Waals surface area contributed by atoms with Gasteiger partial charge in [-0.2, -0.15) is 5.10 Å². The molecule has 36 heavy (non-hydrogen) atoms. The van der Waals surface area contributed by atoms with E-state index in [2.05, 4.69) is 75.6 Å². The van der Waals surface area contributed by atoms with Crippen molar-refractivity contribution >= 4 is 21.9 Å². The molecule has 2 N–H and O–H groups in total. The molecule has 4 nitrogen and oxygen atoms in total. The normalized spacial score (nSPS) is 46.3. The Labute approximate surface area is 225 Å². The van der Waals surface area contributed by atoms with Crippen LogP contribution >= 0.6 is 15.9 Å². The molecule has 0 spiro atoms. The molecule has 0 aromatic carbocycles. The summed E-state index contributed by atoms with van der Waals surface area (Å²) in [4.78, 5) is 12.9. The number of halogens is 1. The van der Waals surface area contributed by atoms with Crippen molar-refractivity contribution in [2.75, 3.05) is 0 Å². The minimum absolute atomic E-state index is 0.0372. The summed E-state index contributed by atoms with van der Waals surface area (Å²) >= 11 is 3.79. The highest BCUT2D eigenvalue weighted by molar-refractivity contribution is 9.10. The van der Waals surface area contributed by atoms with Gasteiger partial charge in [0.25, 0.3) is 0 Å². The molecule has 0 saturated heterocycles. The highest BCUT2D eigenvalue weighted by Crippen LogP contribution is 2.75. The monoisotopic (exact) mass is 556 g/mol. The van der Waals surface area contributed by atoms with Gasteiger partial charge in [-0.25, -0.2) is 0 Å². The Kier molecular flexibility index (Phi) is 5.11. The molecule has 0 bridgehead atoms. The third-order valence-electron chi connectivity index (χ3n) is 13.2. The van der Waals surface area contributed by atoms with E-state index in [0.717, 1.165) is 49.5 Å². The summed E-state index contributed by atoms with van der Waals surface area (Å²) in [5.41, 5.74) is 4.28. The fourth-order valence-electron chi connectivity index (χ4n) is 11.0. The first-order chi connectivity index (χ1) is 16.6. The van der Waals surface area contributed by atoms with Gasteiger partial charge in [-0.1, -0.05) is 60.1 Å². The van der Waals surface area contributed by atoms with Crippen molar-refractivity contribution < 1.29 is 9.90 Å². The van der Waals surface area contributed by atoms with Crippen molar-refractivity contribution in [1.82, 2.24) is 10.2 Å². The molecule has 0 aliphatic heterocycles. The molecule has 1 aromatic heterocycles. The number of hydrogen-bond donors (Lipinski definition) is 2. The van der Waals surface area contributed by atoms with Crippen LogP contribution in [0.3, 0.4) is 0 Å². The Morgan fingerprint density at radius 1 is 1.03 bits per heavy atom. The first-order valence-corrected chi connectivity index (χ1v) is 15.1. The number of aromatic amines is 1. The van der Waals surface area contributed by atoms with Gasteiger partial charge in [0, 0.05) is 11.0 Å². The molecule has 1 aromatic rings. The third kappa shape index (κ3) is 2.88. The van der Waals surface area contributed by atoms with E-state index in [1.807, 2.05) is 0 Å². The average molecular weight is 558 g/mol. The van der Waals surface area contributed by atoms with Crippen molar-refractivity contribution in [2.24, 2.45) is 44.8 Å². The Bertz CT molecular complexity index is 1170. The molecule has 0 radical (unpaired) electrons. The zero-order valence-corrected chi connectivity index (χ0v) is 24.9. The van der Waals surface area contributed by atoms with Gasteiger partial charge in [0.1, 0.15) is 4.60 Å². The van der Waals surface area contributed by atoms with Crippen LogP contribution in [0, 0.1) is 44.8 Å². The summed E-state index contributed by atoms with van der Waals surface area (Å²) < 4.78 is 1.06. The summed E-state index contributed by atoms with van der Waals surface area (Å²) in [6, 6.07) is 0. The van der Waals surface area contributed by atoms with Gasteiger partial charge in [-0.15, -0.1) is 0 Å². The van der Waals surface area contributed by atoms with Gasteiger partial charge in [0.2, 0.25) is 0 Å². The van der Waals surface area contributed by atoms with Gasteiger partial charge in [0.15, 0.2) is 0 Å². The molecule has 0 amide bonds. The SMILES string of the molecule is CC1(C)CC[C@]2(C(=O)O)CC[C@]3(C)C(=CCC4[C@@]5(C)Cc6c(n[nH]c6Br)C(C)(C)C5CC[C@]43C)C2C1. The predicted octanol–water partition coefficient (Wildman–Crippen LogP) is 8.07. The van der Waals surface area contributed by atoms with E-state index in [1.54, 1.807) is 0 Å². The second-order valence-corrected chi connectivity index (χ2v) is 16.2. The van der Waals surface area contributed by atoms with Gasteiger partial charge < -0.3 is 5.11 Å². The maximum atomic E-state index is 12.9. The number of aliphatic carboxylic acids is 1. The van der Waals surface area contributed by atoms with Crippen LogP contribution in [0.5, 0.6) is 0 Å². The van der Waals surface area contributed by atoms with Gasteiger partial charge in [-0.3, -0.25) is 9.89 Å². The smallest absolute Gasteiger partial charge is 0.310 e. The molecule has 1 heterocycles. The average Bonchev–Trinajstić information content (AvgIpc) is 3.14. The van der Waals surface area contributed by atoms with E-state index < -0.39 is 11.4 Å². The lowest BCUT2D eigenvalue weighted by Crippen LogP contribution is -2.64. The number of carboxylic acid groups (broad SMARTS) is 1. The van der Waals surface area contributed by atoms with E-state index >= 15 is 0 Å². The van der Waals surface area contributed by atoms with Crippen LogP contribution < -0.4 is 0 Å². The highest BCUT2D eigenvalue weighted by Gasteiger charge is 2.69. The summed E-state index contributed by atoms with van der Waals surface area (Å²) in [6.07, 6.45) is 11.9. The quantitative estimate of drug-likeness (QED) is 0.343. The molecule has 198 valence electrons. The molecular formula is C31H45BrN2O2. The maximum absolute atomic E-state index is 12.9. The van der Waals surface area contributed by atoms with Crippen LogP contribution in [0.25, 0.3) is 0 Å². The van der Waals surface area contributed by atoms with Crippen LogP contribution in [-0.4, -0.2) is 21.3 Å². The first-order valence-electron chi connectivity index (χ1n) is 14.3. The standard InChI is InChI=1S/C31H45BrN2O2/c1-26(2)12-14-31(25(35)36)15-13-29(6)19(20(31)17-26)8-9-22-28(5)16-18-23(33-34-24(18)32)27(3,4)21(28)10-11-30(22,29)7/h8,20-22H,9-17H2,1-7H3,(H,33,34)(H,35,36)/t20?,21?,22?,28-,29+,30+,31-/m0/s1. The van der Waals surface area contributed by atoms with Gasteiger partial charge >= 0.3 is 5.97 Å². The van der Waals surface area contributed by atoms with Crippen LogP contribution in [0.4, 0.5) is 0 Å². The number of carbonyl (C=O) groups is 1. The highest BCUT2D eigenvalue weighted by atomic mass is 79.9. The van der Waals surface area contributed by atoms with E-state index in [-0.39, 0.29) is 33.0 Å². The number of nitrogens with one attached hydrogen (secondary N) is 1. The summed E-state index contributed by atoms with van der Waals surface area (Å²) in [5.74, 6) is 0.818. The molecule has 3 fully saturated rings. The largest absolute Gasteiger partial charge is 0.481 e. The van der Waals surface area contributed by atoms with Crippen LogP contribution in [-0.2, 0) is 16.6 Å². The van der Waals surface area contributed by atoms with E-state index in [1.165, 1.54) is 29.7 Å². The molecule has 5 aliphatic rings. The van der Waals surface area contributed by atoms with Crippen molar-refractivity contribution in [3.05, 3.63) is 27.5 Å². The van der Waals surface area contributed by atoms with Gasteiger partial charge in [0.05, 0.1) is 11.1 Å². The number of aromatic nitrogens is 2. The van der Waals surface area contributed by atoms with E-state index in [4.69, 9.17) is 5.10 Å². The lowest BCUT2D eigenvalue weighted by molar-refractivity contribution is -0.177. The van der Waals surface area contributed by atoms with Crippen LogP contribution in [0.2, 0.25) is 0 Å². The number of carboxylic acids is 1. The number of H-pyrrole nitrogens is 1. The van der Waals surface area contributed by atoms with E-state index in [9.17, 15) is 9.90 Å². The Morgan fingerprint density at radius 2 is 1.72 bits per heavy atom. The zero-order valence-electron chi connectivity index (χ0n) is 23.4. The maximum Gasteiger partial charge on any atom is 0.310 e. The molecule has 3 unspecified atom stereocenters. The summed E-state index contributed by atoms with van der Waals surface area (Å²) in [7, 11) is 0. The van der Waals surface area contributed by atoms with Crippen molar-refractivity contribution in [2.45, 2.75) is 112 Å². The lowest BCUT2D eigenvalue weighted by atomic mass is 9.33. The number of allylic oxidation sites excluding steroid dienone is 2. The second-order valence-electron chi connectivity index (χ2n) is 15.4. The Balaban J connectivity index is 1.47. The molecule has 5 heteroatoms. The Hall–Kier alpha value is -1.10. The van der Waals surface area contributed by atoms with Crippen LogP contribution in [0.1, 0.15) is 111 Å². The third-order valence-corrected chi connectivity index (χ3v) is 13.8. The molecule has 3 saturated carbocycles. The second kappa shape index (κ2) is 7.30. The first kappa shape index (κ1) is 25.2. The number of hydrogen-bond acceptors (Lipinski definition) is 2. The number of fused-ring (bicyclic) bond motifs is 8. The zero-order chi connectivity index (χ0) is 26.1. The summed E-state index contributed by atoms with van der Waals surface area (Å²) in [6.45, 7) is 17.3. The lowest BCUT2D eigenvalue weighted by Gasteiger charge is -2.70. The van der Waals surface area contributed by atoms with Crippen molar-refractivity contribution in [1.29, 1.82) is 0 Å². The molecular weight excluding hydrogens is 512 g/mol. The minimum atomic E-state index is -0.561. The van der Waals surface area contributed by atoms with Crippen LogP contribution in [0.15, 0.2) is 16.3 Å². The van der Waals surface area contributed by atoms with E-state index in [0.29, 0.717) is 11.8 Å². The number of rotatable bonds is 1. The topological polar surface area (TPSA) is 66.0 Å². The fourth-order valence-corrected chi connectivity index (χ4v) is 11.4. The fraction of sp³-hybridized carbons (Fsp3) is 0.806. The number of nitrogens with zero attached hydrogens (tertiary/aromatic N) is 1. The minimum Gasteiger partial charge on any atom is -0.481 e. The van der Waals surface area contributed by atoms with Crippen molar-refractivity contribution in [3.63, 3.8) is 0 Å². The summed E-state index contributed by atoms with van der Waals surface area (Å²) in [5, 5.41) is 18.6. The molecule has 5 aliphatic carbocycles. The molecule has 7 atom stereocenters. The Morgan fingerprint density at radius 3 is 2.42 bits per heavy atom. The molecule has 6 rings (SSSR count). The van der Waals surface area contributed by atoms with Gasteiger partial charge in [-0.05, 0) is 113 Å². The van der Waals surface area contributed by atoms with Crippen molar-refractivity contribution in [3.8, 4) is 0 Å². The predicted molar refractivity (Wildman–Crippen MR) is 147 cm³/mol.